The molecule has 0 saturated carbocycles. The summed E-state index contributed by atoms with van der Waals surface area (Å²) in [4.78, 5) is 1.10. The molecule has 1 aromatic heterocycles. The third-order valence-corrected chi connectivity index (χ3v) is 5.74. The summed E-state index contributed by atoms with van der Waals surface area (Å²) < 4.78 is 0.949. The van der Waals surface area contributed by atoms with E-state index in [1.165, 1.54) is 11.1 Å². The largest absolute Gasteiger partial charge is 0.130 e. The van der Waals surface area contributed by atoms with Crippen LogP contribution in [-0.2, 0) is 6.42 Å². The lowest BCUT2D eigenvalue weighted by molar-refractivity contribution is 0.930. The minimum atomic E-state index is -0.0232. The molecule has 0 saturated heterocycles. The fourth-order valence-electron chi connectivity index (χ4n) is 1.65. The lowest BCUT2D eigenvalue weighted by atomic mass is 10.0. The zero-order valence-corrected chi connectivity index (χ0v) is 13.1. The van der Waals surface area contributed by atoms with Crippen molar-refractivity contribution in [2.24, 2.45) is 0 Å². The molecular formula is C13H11BrCl2S. The summed E-state index contributed by atoms with van der Waals surface area (Å²) in [7, 11) is 0. The van der Waals surface area contributed by atoms with Crippen molar-refractivity contribution in [3.05, 3.63) is 55.1 Å². The quantitative estimate of drug-likeness (QED) is 0.596. The highest BCUT2D eigenvalue weighted by Gasteiger charge is 2.14. The second-order valence-corrected chi connectivity index (χ2v) is 7.20. The first-order valence-electron chi connectivity index (χ1n) is 5.21. The van der Waals surface area contributed by atoms with Crippen molar-refractivity contribution in [2.45, 2.75) is 18.7 Å². The summed E-state index contributed by atoms with van der Waals surface area (Å²) in [6.07, 6.45) is 0.831. The van der Waals surface area contributed by atoms with Crippen molar-refractivity contribution in [1.82, 2.24) is 0 Å². The van der Waals surface area contributed by atoms with Crippen LogP contribution in [0.2, 0.25) is 5.02 Å². The van der Waals surface area contributed by atoms with Crippen LogP contribution in [0.4, 0.5) is 0 Å². The Balaban J connectivity index is 2.17. The molecule has 2 rings (SSSR count). The Morgan fingerprint density at radius 2 is 2.06 bits per heavy atom. The van der Waals surface area contributed by atoms with Crippen molar-refractivity contribution in [1.29, 1.82) is 0 Å². The van der Waals surface area contributed by atoms with Crippen molar-refractivity contribution in [3.8, 4) is 0 Å². The molecule has 17 heavy (non-hydrogen) atoms. The zero-order chi connectivity index (χ0) is 12.4. The molecule has 1 atom stereocenters. The number of halogens is 3. The zero-order valence-electron chi connectivity index (χ0n) is 9.21. The van der Waals surface area contributed by atoms with Gasteiger partial charge in [0.25, 0.3) is 0 Å². The summed E-state index contributed by atoms with van der Waals surface area (Å²) in [5.74, 6) is 0. The van der Waals surface area contributed by atoms with E-state index in [0.717, 1.165) is 20.1 Å². The number of hydrogen-bond acceptors (Lipinski definition) is 1. The predicted octanol–water partition coefficient (Wildman–Crippen LogP) is 6.00. The van der Waals surface area contributed by atoms with Gasteiger partial charge in [0.05, 0.1) is 14.2 Å². The molecule has 0 fully saturated rings. The molecule has 0 aliphatic heterocycles. The molecular weight excluding hydrogens is 339 g/mol. The third kappa shape index (κ3) is 3.25. The Labute approximate surface area is 124 Å². The topological polar surface area (TPSA) is 0 Å². The van der Waals surface area contributed by atoms with E-state index in [-0.39, 0.29) is 5.38 Å². The van der Waals surface area contributed by atoms with Crippen LogP contribution in [-0.4, -0.2) is 0 Å². The van der Waals surface area contributed by atoms with E-state index >= 15 is 0 Å². The number of rotatable bonds is 3. The van der Waals surface area contributed by atoms with Gasteiger partial charge in [-0.1, -0.05) is 35.9 Å². The Morgan fingerprint density at radius 3 is 2.65 bits per heavy atom. The number of hydrogen-bond donors (Lipinski definition) is 0. The van der Waals surface area contributed by atoms with Gasteiger partial charge >= 0.3 is 0 Å². The minimum absolute atomic E-state index is 0.0232. The van der Waals surface area contributed by atoms with Gasteiger partial charge < -0.3 is 0 Å². The number of aryl methyl sites for hydroxylation is 1. The molecule has 90 valence electrons. The van der Waals surface area contributed by atoms with Crippen LogP contribution in [0.1, 0.15) is 21.4 Å². The molecule has 0 radical (unpaired) electrons. The van der Waals surface area contributed by atoms with Gasteiger partial charge in [-0.2, -0.15) is 0 Å². The molecule has 0 amide bonds. The molecule has 0 nitrogen and oxygen atoms in total. The first kappa shape index (κ1) is 13.4. The maximum Gasteiger partial charge on any atom is 0.0887 e. The standard InChI is InChI=1S/C13H11BrCl2S/c1-8-4-2-3-5-9(8)6-10(15)12-7-11(16)13(14)17-12/h2-5,7,10H,6H2,1H3. The van der Waals surface area contributed by atoms with E-state index in [0.29, 0.717) is 0 Å². The lowest BCUT2D eigenvalue weighted by Crippen LogP contribution is -1.95. The SMILES string of the molecule is Cc1ccccc1CC(Cl)c1cc(Cl)c(Br)s1. The molecule has 2 aromatic rings. The normalized spacial score (nSPS) is 12.7. The van der Waals surface area contributed by atoms with Crippen LogP contribution in [0.25, 0.3) is 0 Å². The van der Waals surface area contributed by atoms with Crippen LogP contribution >= 0.6 is 50.5 Å². The highest BCUT2D eigenvalue weighted by Crippen LogP contribution is 2.38. The smallest absolute Gasteiger partial charge is 0.0887 e. The monoisotopic (exact) mass is 348 g/mol. The average Bonchev–Trinajstić information content (AvgIpc) is 2.63. The van der Waals surface area contributed by atoms with Gasteiger partial charge in [0, 0.05) is 4.88 Å². The van der Waals surface area contributed by atoms with Crippen molar-refractivity contribution in [3.63, 3.8) is 0 Å². The van der Waals surface area contributed by atoms with E-state index in [4.69, 9.17) is 23.2 Å². The van der Waals surface area contributed by atoms with E-state index in [1.807, 2.05) is 18.2 Å². The van der Waals surface area contributed by atoms with Crippen LogP contribution in [0.3, 0.4) is 0 Å². The minimum Gasteiger partial charge on any atom is -0.130 e. The summed E-state index contributed by atoms with van der Waals surface area (Å²) in [6, 6.07) is 10.3. The second-order valence-electron chi connectivity index (χ2n) is 3.87. The van der Waals surface area contributed by atoms with Crippen molar-refractivity contribution < 1.29 is 0 Å². The fourth-order valence-corrected chi connectivity index (χ4v) is 3.74. The number of benzene rings is 1. The molecule has 1 heterocycles. The molecule has 0 bridgehead atoms. The molecule has 0 aliphatic carbocycles. The molecule has 0 N–H and O–H groups in total. The Kier molecular flexibility index (Phi) is 4.53. The van der Waals surface area contributed by atoms with E-state index in [9.17, 15) is 0 Å². The number of thiophene rings is 1. The first-order chi connectivity index (χ1) is 8.08. The maximum atomic E-state index is 6.43. The van der Waals surface area contributed by atoms with Crippen LogP contribution < -0.4 is 0 Å². The van der Waals surface area contributed by atoms with Gasteiger partial charge in [0.15, 0.2) is 0 Å². The average molecular weight is 350 g/mol. The Morgan fingerprint density at radius 1 is 1.35 bits per heavy atom. The van der Waals surface area contributed by atoms with Gasteiger partial charge in [-0.15, -0.1) is 22.9 Å². The van der Waals surface area contributed by atoms with Crippen molar-refractivity contribution in [2.75, 3.05) is 0 Å². The third-order valence-electron chi connectivity index (χ3n) is 2.63. The Bertz CT molecular complexity index is 502. The molecule has 0 aliphatic rings. The van der Waals surface area contributed by atoms with Crippen LogP contribution in [0.15, 0.2) is 34.1 Å². The first-order valence-corrected chi connectivity index (χ1v) is 7.63. The second kappa shape index (κ2) is 5.75. The lowest BCUT2D eigenvalue weighted by Gasteiger charge is -2.09. The van der Waals surface area contributed by atoms with E-state index in [1.54, 1.807) is 11.3 Å². The highest BCUT2D eigenvalue weighted by atomic mass is 79.9. The summed E-state index contributed by atoms with van der Waals surface area (Å²) >= 11 is 17.5. The highest BCUT2D eigenvalue weighted by molar-refractivity contribution is 9.11. The van der Waals surface area contributed by atoms with Crippen LogP contribution in [0.5, 0.6) is 0 Å². The summed E-state index contributed by atoms with van der Waals surface area (Å²) in [5.41, 5.74) is 2.56. The van der Waals surface area contributed by atoms with Gasteiger partial charge in [-0.25, -0.2) is 0 Å². The van der Waals surface area contributed by atoms with Gasteiger partial charge in [0.2, 0.25) is 0 Å². The molecule has 0 spiro atoms. The van der Waals surface area contributed by atoms with Gasteiger partial charge in [0.1, 0.15) is 0 Å². The van der Waals surface area contributed by atoms with Crippen LogP contribution in [0, 0.1) is 6.92 Å². The number of alkyl halides is 1. The predicted molar refractivity (Wildman–Crippen MR) is 80.5 cm³/mol. The van der Waals surface area contributed by atoms with E-state index in [2.05, 4.69) is 35.0 Å². The summed E-state index contributed by atoms with van der Waals surface area (Å²) in [5, 5.41) is 0.713. The Hall–Kier alpha value is -0.0200. The molecule has 1 aromatic carbocycles. The van der Waals surface area contributed by atoms with E-state index < -0.39 is 0 Å². The molecule has 4 heteroatoms. The van der Waals surface area contributed by atoms with Gasteiger partial charge in [-0.05, 0) is 46.5 Å². The maximum absolute atomic E-state index is 6.43. The summed E-state index contributed by atoms with van der Waals surface area (Å²) in [6.45, 7) is 2.11. The fraction of sp³-hybridized carbons (Fsp3) is 0.231. The van der Waals surface area contributed by atoms with Gasteiger partial charge in [-0.3, -0.25) is 0 Å². The van der Waals surface area contributed by atoms with Crippen molar-refractivity contribution >= 4 is 50.5 Å². The molecule has 1 unspecified atom stereocenters.